The Bertz CT molecular complexity index is 1160. The van der Waals surface area contributed by atoms with Crippen LogP contribution in [0.5, 0.6) is 5.75 Å². The van der Waals surface area contributed by atoms with Crippen LogP contribution in [0.1, 0.15) is 18.5 Å². The Morgan fingerprint density at radius 3 is 2.60 bits per heavy atom. The lowest BCUT2D eigenvalue weighted by molar-refractivity contribution is -0.137. The highest BCUT2D eigenvalue weighted by Crippen LogP contribution is 2.37. The predicted octanol–water partition coefficient (Wildman–Crippen LogP) is 2.29. The second kappa shape index (κ2) is 9.61. The molecule has 3 aliphatic rings. The van der Waals surface area contributed by atoms with Crippen LogP contribution in [0.3, 0.4) is 0 Å². The molecule has 3 aliphatic heterocycles. The van der Waals surface area contributed by atoms with Gasteiger partial charge in [-0.05, 0) is 41.4 Å². The maximum atomic E-state index is 13.4. The molecule has 5 rings (SSSR count). The molecular formula is C25H29N5O4S. The molecular weight excluding hydrogens is 466 g/mol. The fraction of sp³-hybridized carbons (Fsp3) is 0.400. The van der Waals surface area contributed by atoms with E-state index >= 15 is 0 Å². The first-order valence-electron chi connectivity index (χ1n) is 11.8. The molecule has 2 aromatic rings. The van der Waals surface area contributed by atoms with E-state index in [1.807, 2.05) is 52.9 Å². The predicted molar refractivity (Wildman–Crippen MR) is 133 cm³/mol. The van der Waals surface area contributed by atoms with Gasteiger partial charge in [0.25, 0.3) is 5.91 Å². The van der Waals surface area contributed by atoms with Crippen LogP contribution in [-0.4, -0.2) is 85.5 Å². The number of rotatable bonds is 6. The van der Waals surface area contributed by atoms with Crippen molar-refractivity contribution in [1.29, 1.82) is 0 Å². The lowest BCUT2D eigenvalue weighted by Gasteiger charge is -2.37. The van der Waals surface area contributed by atoms with E-state index in [4.69, 9.17) is 4.74 Å². The number of urea groups is 1. The van der Waals surface area contributed by atoms with Crippen LogP contribution in [0.25, 0.3) is 0 Å². The number of piperazine rings is 1. The summed E-state index contributed by atoms with van der Waals surface area (Å²) < 4.78 is 5.48. The zero-order valence-electron chi connectivity index (χ0n) is 19.9. The van der Waals surface area contributed by atoms with Gasteiger partial charge >= 0.3 is 6.03 Å². The Hall–Kier alpha value is -3.53. The van der Waals surface area contributed by atoms with Crippen molar-refractivity contribution in [3.8, 4) is 5.75 Å². The van der Waals surface area contributed by atoms with Crippen molar-refractivity contribution < 1.29 is 19.1 Å². The summed E-state index contributed by atoms with van der Waals surface area (Å²) in [6.45, 7) is 5.14. The number of carbonyl (C=O) groups is 3. The summed E-state index contributed by atoms with van der Waals surface area (Å²) >= 11 is 1.52. The highest BCUT2D eigenvalue weighted by molar-refractivity contribution is 7.08. The molecule has 0 saturated carbocycles. The highest BCUT2D eigenvalue weighted by atomic mass is 32.1. The van der Waals surface area contributed by atoms with Gasteiger partial charge in [0.2, 0.25) is 5.91 Å². The van der Waals surface area contributed by atoms with E-state index < -0.39 is 6.04 Å². The van der Waals surface area contributed by atoms with Crippen LogP contribution in [0.4, 0.5) is 10.5 Å². The molecule has 1 aromatic heterocycles. The fourth-order valence-electron chi connectivity index (χ4n) is 5.05. The molecule has 1 unspecified atom stereocenters. The van der Waals surface area contributed by atoms with E-state index in [1.165, 1.54) is 11.3 Å². The summed E-state index contributed by atoms with van der Waals surface area (Å²) in [4.78, 5) is 46.5. The number of hydrogen-bond acceptors (Lipinski definition) is 6. The standard InChI is InChI=1S/C25H29N5O4S/c1-3-30-19-14-29(24(32)22(19)23(26-25(30)33)17-8-13-35-16-17)15-21(31)28-11-9-27(10-12-28)18-6-4-5-7-20(18)34-2/h4-8,13,16,23H,3,9-12,14-15H2,1-2H3,(H,26,33). The first-order chi connectivity index (χ1) is 17.0. The molecule has 1 fully saturated rings. The number of nitrogens with zero attached hydrogens (tertiary/aromatic N) is 4. The van der Waals surface area contributed by atoms with E-state index in [1.54, 1.807) is 16.9 Å². The number of likely N-dealkylation sites (N-methyl/N-ethyl adjacent to an activating group) is 1. The van der Waals surface area contributed by atoms with Gasteiger partial charge in [0, 0.05) is 32.7 Å². The van der Waals surface area contributed by atoms with E-state index in [-0.39, 0.29) is 30.9 Å². The summed E-state index contributed by atoms with van der Waals surface area (Å²) in [5.41, 5.74) is 3.18. The van der Waals surface area contributed by atoms with Crippen molar-refractivity contribution in [2.75, 3.05) is 57.8 Å². The third-order valence-corrected chi connectivity index (χ3v) is 7.58. The molecule has 4 heterocycles. The SMILES string of the molecule is CCN1C(=O)NC(c2ccsc2)C2=C1CN(CC(=O)N1CCN(c3ccccc3OC)CC1)C2=O. The number of carbonyl (C=O) groups excluding carboxylic acids is 3. The minimum absolute atomic E-state index is 0.00257. The van der Waals surface area contributed by atoms with Crippen LogP contribution < -0.4 is 15.0 Å². The lowest BCUT2D eigenvalue weighted by Crippen LogP contribution is -2.51. The molecule has 0 bridgehead atoms. The average Bonchev–Trinajstić information content (AvgIpc) is 3.53. The molecule has 35 heavy (non-hydrogen) atoms. The summed E-state index contributed by atoms with van der Waals surface area (Å²) in [5, 5.41) is 6.84. The van der Waals surface area contributed by atoms with Crippen LogP contribution in [0.2, 0.25) is 0 Å². The Morgan fingerprint density at radius 2 is 1.91 bits per heavy atom. The van der Waals surface area contributed by atoms with Gasteiger partial charge in [-0.1, -0.05) is 12.1 Å². The summed E-state index contributed by atoms with van der Waals surface area (Å²) in [7, 11) is 1.66. The van der Waals surface area contributed by atoms with Gasteiger partial charge in [-0.3, -0.25) is 14.5 Å². The second-order valence-corrected chi connectivity index (χ2v) is 9.52. The lowest BCUT2D eigenvalue weighted by atomic mass is 9.98. The van der Waals surface area contributed by atoms with Gasteiger partial charge < -0.3 is 24.8 Å². The zero-order chi connectivity index (χ0) is 24.5. The van der Waals surface area contributed by atoms with Gasteiger partial charge in [0.05, 0.1) is 36.7 Å². The van der Waals surface area contributed by atoms with Crippen LogP contribution in [0.15, 0.2) is 52.4 Å². The first-order valence-corrected chi connectivity index (χ1v) is 12.7. The molecule has 1 saturated heterocycles. The van der Waals surface area contributed by atoms with Gasteiger partial charge in [0.15, 0.2) is 0 Å². The number of anilines is 1. The number of ether oxygens (including phenoxy) is 1. The number of amides is 4. The summed E-state index contributed by atoms with van der Waals surface area (Å²) in [6.07, 6.45) is 0. The third-order valence-electron chi connectivity index (χ3n) is 6.87. The maximum Gasteiger partial charge on any atom is 0.322 e. The number of methoxy groups -OCH3 is 1. The molecule has 10 heteroatoms. The van der Waals surface area contributed by atoms with Gasteiger partial charge in [-0.25, -0.2) is 4.79 Å². The van der Waals surface area contributed by atoms with Gasteiger partial charge in [0.1, 0.15) is 12.3 Å². The van der Waals surface area contributed by atoms with Crippen molar-refractivity contribution in [1.82, 2.24) is 20.0 Å². The highest BCUT2D eigenvalue weighted by Gasteiger charge is 2.44. The van der Waals surface area contributed by atoms with Crippen LogP contribution in [0, 0.1) is 0 Å². The van der Waals surface area contributed by atoms with Crippen molar-refractivity contribution >= 4 is 34.9 Å². The molecule has 0 radical (unpaired) electrons. The second-order valence-electron chi connectivity index (χ2n) is 8.74. The zero-order valence-corrected chi connectivity index (χ0v) is 20.7. The molecule has 1 N–H and O–H groups in total. The van der Waals surface area contributed by atoms with Crippen molar-refractivity contribution in [3.05, 3.63) is 57.9 Å². The third kappa shape index (κ3) is 4.22. The normalized spacial score (nSPS) is 20.3. The van der Waals surface area contributed by atoms with Crippen molar-refractivity contribution in [2.24, 2.45) is 0 Å². The summed E-state index contributed by atoms with van der Waals surface area (Å²) in [5.74, 6) is 0.554. The number of hydrogen-bond donors (Lipinski definition) is 1. The molecule has 1 atom stereocenters. The van der Waals surface area contributed by atoms with E-state index in [9.17, 15) is 14.4 Å². The van der Waals surface area contributed by atoms with Crippen molar-refractivity contribution in [3.63, 3.8) is 0 Å². The quantitative estimate of drug-likeness (QED) is 0.665. The molecule has 4 amide bonds. The molecule has 0 aliphatic carbocycles. The number of benzene rings is 1. The molecule has 1 aromatic carbocycles. The summed E-state index contributed by atoms with van der Waals surface area (Å²) in [6, 6.07) is 9.10. The van der Waals surface area contributed by atoms with E-state index in [0.29, 0.717) is 44.0 Å². The maximum absolute atomic E-state index is 13.4. The smallest absolute Gasteiger partial charge is 0.322 e. The Morgan fingerprint density at radius 1 is 1.14 bits per heavy atom. The number of nitrogens with one attached hydrogen (secondary N) is 1. The van der Waals surface area contributed by atoms with Gasteiger partial charge in [-0.2, -0.15) is 11.3 Å². The topological polar surface area (TPSA) is 85.4 Å². The largest absolute Gasteiger partial charge is 0.495 e. The van der Waals surface area contributed by atoms with Gasteiger partial charge in [-0.15, -0.1) is 0 Å². The fourth-order valence-corrected chi connectivity index (χ4v) is 5.74. The van der Waals surface area contributed by atoms with E-state index in [2.05, 4.69) is 10.2 Å². The van der Waals surface area contributed by atoms with Crippen molar-refractivity contribution in [2.45, 2.75) is 13.0 Å². The minimum Gasteiger partial charge on any atom is -0.495 e. The van der Waals surface area contributed by atoms with E-state index in [0.717, 1.165) is 17.0 Å². The average molecular weight is 496 g/mol. The van der Waals surface area contributed by atoms with Crippen LogP contribution in [-0.2, 0) is 9.59 Å². The Kier molecular flexibility index (Phi) is 6.38. The molecule has 184 valence electrons. The monoisotopic (exact) mass is 495 g/mol. The Balaban J connectivity index is 1.26. The number of para-hydroxylation sites is 2. The number of thiophene rings is 1. The Labute approximate surface area is 208 Å². The molecule has 9 nitrogen and oxygen atoms in total. The van der Waals surface area contributed by atoms with Crippen LogP contribution >= 0.6 is 11.3 Å². The minimum atomic E-state index is -0.483. The first kappa shape index (κ1) is 23.2. The molecule has 0 spiro atoms.